The summed E-state index contributed by atoms with van der Waals surface area (Å²) in [5, 5.41) is 3.23. The Bertz CT molecular complexity index is 587. The molecule has 0 aliphatic heterocycles. The number of hydrogen-bond acceptors (Lipinski definition) is 2. The van der Waals surface area contributed by atoms with Crippen molar-refractivity contribution in [1.82, 2.24) is 5.32 Å². The van der Waals surface area contributed by atoms with Crippen molar-refractivity contribution in [2.75, 3.05) is 6.54 Å². The van der Waals surface area contributed by atoms with E-state index in [9.17, 15) is 4.79 Å². The summed E-state index contributed by atoms with van der Waals surface area (Å²) in [6.45, 7) is 7.20. The average Bonchev–Trinajstić information content (AvgIpc) is 2.52. The fourth-order valence-electron chi connectivity index (χ4n) is 4.62. The summed E-state index contributed by atoms with van der Waals surface area (Å²) >= 11 is 0. The molecule has 0 saturated heterocycles. The molecule has 0 spiro atoms. The van der Waals surface area contributed by atoms with E-state index < -0.39 is 0 Å². The van der Waals surface area contributed by atoms with Crippen LogP contribution in [0.3, 0.4) is 0 Å². The monoisotopic (exact) mass is 364 g/mol. The van der Waals surface area contributed by atoms with E-state index in [0.717, 1.165) is 12.8 Å². The number of nitrogens with two attached hydrogens (primary N) is 1. The van der Waals surface area contributed by atoms with Gasteiger partial charge < -0.3 is 11.1 Å². The molecular weight excluding hydrogens is 332 g/mol. The Kier molecular flexibility index (Phi) is 6.56. The lowest BCUT2D eigenvalue weighted by Crippen LogP contribution is -2.50. The topological polar surface area (TPSA) is 55.1 Å². The van der Waals surface area contributed by atoms with Crippen molar-refractivity contribution in [3.8, 4) is 0 Å². The molecule has 3 nitrogen and oxygen atoms in total. The summed E-state index contributed by atoms with van der Waals surface area (Å²) in [5.41, 5.74) is 8.84. The fourth-order valence-corrected chi connectivity index (χ4v) is 4.62. The first kappa shape index (κ1) is 20.3. The summed E-state index contributed by atoms with van der Waals surface area (Å²) in [6.07, 6.45) is 5.66. The zero-order valence-electron chi connectivity index (χ0n) is 15.8. The molecule has 140 valence electrons. The van der Waals surface area contributed by atoms with Crippen LogP contribution < -0.4 is 11.1 Å². The fraction of sp³-hybridized carbons (Fsp3) is 0.667. The van der Waals surface area contributed by atoms with Gasteiger partial charge in [-0.15, -0.1) is 12.4 Å². The second kappa shape index (κ2) is 8.09. The van der Waals surface area contributed by atoms with Crippen LogP contribution in [0.2, 0.25) is 0 Å². The maximum atomic E-state index is 12.7. The quantitative estimate of drug-likeness (QED) is 0.849. The van der Waals surface area contributed by atoms with Gasteiger partial charge in [-0.25, -0.2) is 0 Å². The SMILES string of the molecule is Cc1cccc(C(C)(C)CNC(=O)C2CC3CCCC(C2)C3N)c1.Cl. The van der Waals surface area contributed by atoms with Crippen LogP contribution in [0.15, 0.2) is 24.3 Å². The molecule has 2 saturated carbocycles. The van der Waals surface area contributed by atoms with Gasteiger partial charge in [0.15, 0.2) is 0 Å². The van der Waals surface area contributed by atoms with Crippen LogP contribution in [0.4, 0.5) is 0 Å². The van der Waals surface area contributed by atoms with Crippen molar-refractivity contribution in [3.05, 3.63) is 35.4 Å². The third-order valence-corrected chi connectivity index (χ3v) is 6.29. The first-order valence-corrected chi connectivity index (χ1v) is 9.47. The number of carbonyl (C=O) groups is 1. The van der Waals surface area contributed by atoms with Crippen LogP contribution in [-0.2, 0) is 10.2 Å². The molecule has 1 aromatic rings. The Morgan fingerprint density at radius 2 is 1.88 bits per heavy atom. The molecular formula is C21H33ClN2O. The highest BCUT2D eigenvalue weighted by Crippen LogP contribution is 2.41. The number of halogens is 1. The summed E-state index contributed by atoms with van der Waals surface area (Å²) < 4.78 is 0. The molecule has 0 radical (unpaired) electrons. The Hall–Kier alpha value is -1.06. The van der Waals surface area contributed by atoms with E-state index in [4.69, 9.17) is 5.73 Å². The van der Waals surface area contributed by atoms with Gasteiger partial charge in [-0.2, -0.15) is 0 Å². The number of carbonyl (C=O) groups excluding carboxylic acids is 1. The molecule has 4 heteroatoms. The van der Waals surface area contributed by atoms with Gasteiger partial charge in [0.1, 0.15) is 0 Å². The predicted molar refractivity (Wildman–Crippen MR) is 106 cm³/mol. The minimum absolute atomic E-state index is 0. The number of benzene rings is 1. The molecule has 2 fully saturated rings. The van der Waals surface area contributed by atoms with Gasteiger partial charge >= 0.3 is 0 Å². The zero-order chi connectivity index (χ0) is 17.3. The molecule has 25 heavy (non-hydrogen) atoms. The number of amides is 1. The Labute approximate surface area is 158 Å². The van der Waals surface area contributed by atoms with Gasteiger partial charge in [-0.1, -0.05) is 50.1 Å². The average molecular weight is 365 g/mol. The van der Waals surface area contributed by atoms with E-state index >= 15 is 0 Å². The van der Waals surface area contributed by atoms with E-state index in [1.807, 2.05) is 0 Å². The van der Waals surface area contributed by atoms with Gasteiger partial charge in [0.05, 0.1) is 0 Å². The summed E-state index contributed by atoms with van der Waals surface area (Å²) in [4.78, 5) is 12.7. The number of hydrogen-bond donors (Lipinski definition) is 2. The predicted octanol–water partition coefficient (Wildman–Crippen LogP) is 3.96. The Morgan fingerprint density at radius 1 is 1.24 bits per heavy atom. The maximum absolute atomic E-state index is 12.7. The highest BCUT2D eigenvalue weighted by molar-refractivity contribution is 5.85. The molecule has 0 heterocycles. The molecule has 2 bridgehead atoms. The third-order valence-electron chi connectivity index (χ3n) is 6.29. The molecule has 2 unspecified atom stereocenters. The largest absolute Gasteiger partial charge is 0.355 e. The van der Waals surface area contributed by atoms with Crippen LogP contribution >= 0.6 is 12.4 Å². The Morgan fingerprint density at radius 3 is 2.48 bits per heavy atom. The summed E-state index contributed by atoms with van der Waals surface area (Å²) in [6, 6.07) is 8.91. The van der Waals surface area contributed by atoms with Crippen molar-refractivity contribution in [1.29, 1.82) is 0 Å². The first-order chi connectivity index (χ1) is 11.4. The number of fused-ring (bicyclic) bond motifs is 2. The van der Waals surface area contributed by atoms with Gasteiger partial charge in [0.25, 0.3) is 0 Å². The molecule has 3 N–H and O–H groups in total. The van der Waals surface area contributed by atoms with Crippen molar-refractivity contribution in [3.63, 3.8) is 0 Å². The van der Waals surface area contributed by atoms with Crippen LogP contribution in [0.25, 0.3) is 0 Å². The standard InChI is InChI=1S/C21H32N2O.ClH/c1-14-6-4-9-18(10-14)21(2,3)13-23-20(24)17-11-15-7-5-8-16(12-17)19(15)22;/h4,6,9-10,15-17,19H,5,7-8,11-13,22H2,1-3H3,(H,23,24);1H. The molecule has 2 atom stereocenters. The molecule has 1 aromatic carbocycles. The van der Waals surface area contributed by atoms with Gasteiger partial charge in [-0.05, 0) is 50.0 Å². The van der Waals surface area contributed by atoms with Gasteiger partial charge in [-0.3, -0.25) is 4.79 Å². The number of rotatable bonds is 4. The highest BCUT2D eigenvalue weighted by Gasteiger charge is 2.40. The Balaban J connectivity index is 0.00000225. The lowest BCUT2D eigenvalue weighted by Gasteiger charge is -2.43. The van der Waals surface area contributed by atoms with E-state index in [0.29, 0.717) is 24.4 Å². The number of aryl methyl sites for hydroxylation is 1. The number of nitrogens with one attached hydrogen (secondary N) is 1. The maximum Gasteiger partial charge on any atom is 0.223 e. The lowest BCUT2D eigenvalue weighted by molar-refractivity contribution is -0.128. The minimum atomic E-state index is -0.0530. The molecule has 2 aliphatic rings. The zero-order valence-corrected chi connectivity index (χ0v) is 16.6. The van der Waals surface area contributed by atoms with Crippen molar-refractivity contribution in [2.24, 2.45) is 23.5 Å². The van der Waals surface area contributed by atoms with Crippen molar-refractivity contribution >= 4 is 18.3 Å². The molecule has 2 aliphatic carbocycles. The van der Waals surface area contributed by atoms with Crippen LogP contribution in [-0.4, -0.2) is 18.5 Å². The van der Waals surface area contributed by atoms with Gasteiger partial charge in [0, 0.05) is 23.9 Å². The summed E-state index contributed by atoms with van der Waals surface area (Å²) in [7, 11) is 0. The molecule has 0 aromatic heterocycles. The van der Waals surface area contributed by atoms with Crippen molar-refractivity contribution in [2.45, 2.75) is 64.3 Å². The van der Waals surface area contributed by atoms with Crippen molar-refractivity contribution < 1.29 is 4.79 Å². The highest BCUT2D eigenvalue weighted by atomic mass is 35.5. The lowest BCUT2D eigenvalue weighted by atomic mass is 9.65. The second-order valence-corrected chi connectivity index (χ2v) is 8.67. The molecule has 3 rings (SSSR count). The minimum Gasteiger partial charge on any atom is -0.355 e. The van der Waals surface area contributed by atoms with E-state index in [-0.39, 0.29) is 29.6 Å². The van der Waals surface area contributed by atoms with Crippen LogP contribution in [0.5, 0.6) is 0 Å². The second-order valence-electron chi connectivity index (χ2n) is 8.67. The van der Waals surface area contributed by atoms with E-state index in [2.05, 4.69) is 50.4 Å². The first-order valence-electron chi connectivity index (χ1n) is 9.47. The third kappa shape index (κ3) is 4.57. The normalized spacial score (nSPS) is 28.8. The molecule has 1 amide bonds. The smallest absolute Gasteiger partial charge is 0.223 e. The van der Waals surface area contributed by atoms with E-state index in [1.54, 1.807) is 0 Å². The summed E-state index contributed by atoms with van der Waals surface area (Å²) in [5.74, 6) is 1.50. The van der Waals surface area contributed by atoms with Crippen LogP contribution in [0, 0.1) is 24.7 Å². The van der Waals surface area contributed by atoms with Crippen LogP contribution in [0.1, 0.15) is 57.1 Å². The van der Waals surface area contributed by atoms with E-state index in [1.165, 1.54) is 30.4 Å². The van der Waals surface area contributed by atoms with Gasteiger partial charge in [0.2, 0.25) is 5.91 Å².